The lowest BCUT2D eigenvalue weighted by Gasteiger charge is -2.35. The Bertz CT molecular complexity index is 988. The minimum atomic E-state index is -0.433. The summed E-state index contributed by atoms with van der Waals surface area (Å²) in [5.74, 6) is 0.835. The molecule has 0 bridgehead atoms. The standard InChI is InChI=1S/C19H19N5O3.ClH/c25-18-15(12-23-7-9-24(10-8-23)19-20-5-6-21-19)22-17(27-18)14-3-1-2-13-4-11-26-16(13)14;/h1-4,11-12H,5-10H2,(H,20,21);1H/b15-12+;. The van der Waals surface area contributed by atoms with Gasteiger partial charge in [0.05, 0.1) is 18.4 Å². The molecule has 1 aromatic heterocycles. The average Bonchev–Trinajstić information content (AvgIpc) is 3.43. The number of fused-ring (bicyclic) bond motifs is 1. The third-order valence-electron chi connectivity index (χ3n) is 4.91. The van der Waals surface area contributed by atoms with Crippen molar-refractivity contribution in [1.82, 2.24) is 15.1 Å². The van der Waals surface area contributed by atoms with E-state index in [-0.39, 0.29) is 18.3 Å². The number of cyclic esters (lactones) is 1. The first-order valence-electron chi connectivity index (χ1n) is 9.04. The summed E-state index contributed by atoms with van der Waals surface area (Å²) in [6.45, 7) is 5.06. The van der Waals surface area contributed by atoms with Gasteiger partial charge in [-0.25, -0.2) is 9.79 Å². The number of nitrogens with one attached hydrogen (secondary N) is 1. The molecule has 28 heavy (non-hydrogen) atoms. The molecule has 3 aliphatic rings. The molecule has 9 heteroatoms. The number of rotatable bonds is 2. The highest BCUT2D eigenvalue weighted by molar-refractivity contribution is 6.15. The lowest BCUT2D eigenvalue weighted by molar-refractivity contribution is -0.130. The number of hydrogen-bond acceptors (Lipinski definition) is 8. The third-order valence-corrected chi connectivity index (χ3v) is 4.91. The molecule has 0 spiro atoms. The van der Waals surface area contributed by atoms with E-state index in [4.69, 9.17) is 9.15 Å². The zero-order valence-corrected chi connectivity index (χ0v) is 15.9. The Morgan fingerprint density at radius 3 is 2.79 bits per heavy atom. The SMILES string of the molecule is Cl.O=C1OC(c2cccc3ccoc23)=N/C1=C/N1CCN(C2=NCCN2)CC1. The van der Waals surface area contributed by atoms with Crippen molar-refractivity contribution in [3.05, 3.63) is 48.0 Å². The molecular weight excluding hydrogens is 382 g/mol. The summed E-state index contributed by atoms with van der Waals surface area (Å²) in [5, 5.41) is 4.24. The maximum Gasteiger partial charge on any atom is 0.365 e. The van der Waals surface area contributed by atoms with E-state index >= 15 is 0 Å². The maximum atomic E-state index is 12.3. The largest absolute Gasteiger partial charge is 0.464 e. The first-order chi connectivity index (χ1) is 13.3. The summed E-state index contributed by atoms with van der Waals surface area (Å²) in [5.41, 5.74) is 1.67. The van der Waals surface area contributed by atoms with Gasteiger partial charge >= 0.3 is 5.97 Å². The molecule has 0 saturated carbocycles. The van der Waals surface area contributed by atoms with Crippen LogP contribution in [0, 0.1) is 0 Å². The first kappa shape index (κ1) is 18.4. The van der Waals surface area contributed by atoms with Crippen molar-refractivity contribution >= 4 is 41.2 Å². The van der Waals surface area contributed by atoms with Gasteiger partial charge in [-0.3, -0.25) is 4.99 Å². The molecule has 2 aromatic rings. The van der Waals surface area contributed by atoms with Crippen LogP contribution in [0.25, 0.3) is 11.0 Å². The Hall–Kier alpha value is -3.00. The average molecular weight is 402 g/mol. The number of benzene rings is 1. The fraction of sp³-hybridized carbons (Fsp3) is 0.316. The first-order valence-corrected chi connectivity index (χ1v) is 9.04. The number of aliphatic imine (C=N–C) groups is 2. The van der Waals surface area contributed by atoms with Gasteiger partial charge in [0.1, 0.15) is 5.58 Å². The van der Waals surface area contributed by atoms with Crippen LogP contribution in [0.4, 0.5) is 0 Å². The topological polar surface area (TPSA) is 82.7 Å². The Morgan fingerprint density at radius 2 is 2.00 bits per heavy atom. The summed E-state index contributed by atoms with van der Waals surface area (Å²) >= 11 is 0. The van der Waals surface area contributed by atoms with E-state index in [0.29, 0.717) is 16.8 Å². The Kier molecular flexibility index (Phi) is 4.95. The lowest BCUT2D eigenvalue weighted by atomic mass is 10.1. The zero-order valence-electron chi connectivity index (χ0n) is 15.1. The van der Waals surface area contributed by atoms with E-state index in [0.717, 1.165) is 50.6 Å². The van der Waals surface area contributed by atoms with Crippen LogP contribution in [0.15, 0.2) is 56.8 Å². The van der Waals surface area contributed by atoms with E-state index in [2.05, 4.69) is 25.1 Å². The fourth-order valence-electron chi connectivity index (χ4n) is 3.51. The summed E-state index contributed by atoms with van der Waals surface area (Å²) in [6.07, 6.45) is 3.41. The molecule has 5 rings (SSSR count). The predicted molar refractivity (Wildman–Crippen MR) is 108 cm³/mol. The quantitative estimate of drug-likeness (QED) is 0.607. The number of hydrogen-bond donors (Lipinski definition) is 1. The summed E-state index contributed by atoms with van der Waals surface area (Å²) in [7, 11) is 0. The molecule has 4 heterocycles. The van der Waals surface area contributed by atoms with E-state index < -0.39 is 5.97 Å². The van der Waals surface area contributed by atoms with Gasteiger partial charge in [0.15, 0.2) is 11.7 Å². The van der Waals surface area contributed by atoms with Crippen LogP contribution in [0.5, 0.6) is 0 Å². The van der Waals surface area contributed by atoms with Crippen LogP contribution in [0.3, 0.4) is 0 Å². The van der Waals surface area contributed by atoms with Crippen LogP contribution in [0.1, 0.15) is 5.56 Å². The molecule has 3 aliphatic heterocycles. The van der Waals surface area contributed by atoms with Crippen molar-refractivity contribution in [1.29, 1.82) is 0 Å². The minimum Gasteiger partial charge on any atom is -0.464 e. The molecule has 0 amide bonds. The number of nitrogens with zero attached hydrogens (tertiary/aromatic N) is 4. The number of guanidine groups is 1. The van der Waals surface area contributed by atoms with Gasteiger partial charge in [-0.1, -0.05) is 12.1 Å². The summed E-state index contributed by atoms with van der Waals surface area (Å²) in [6, 6.07) is 7.55. The molecule has 1 saturated heterocycles. The van der Waals surface area contributed by atoms with E-state index in [1.165, 1.54) is 0 Å². The van der Waals surface area contributed by atoms with Gasteiger partial charge in [-0.15, -0.1) is 12.4 Å². The molecule has 0 atom stereocenters. The number of carbonyl (C=O) groups is 1. The van der Waals surface area contributed by atoms with Gasteiger partial charge in [-0.2, -0.15) is 0 Å². The van der Waals surface area contributed by atoms with Crippen molar-refractivity contribution in [2.75, 3.05) is 39.3 Å². The zero-order chi connectivity index (χ0) is 18.2. The molecule has 0 aliphatic carbocycles. The molecular formula is C19H20ClN5O3. The van der Waals surface area contributed by atoms with E-state index in [1.54, 1.807) is 12.5 Å². The maximum absolute atomic E-state index is 12.3. The van der Waals surface area contributed by atoms with Crippen LogP contribution in [0.2, 0.25) is 0 Å². The predicted octanol–water partition coefficient (Wildman–Crippen LogP) is 1.58. The number of ether oxygens (including phenoxy) is 1. The van der Waals surface area contributed by atoms with Gasteiger partial charge in [0, 0.05) is 44.3 Å². The van der Waals surface area contributed by atoms with Crippen LogP contribution in [-0.4, -0.2) is 66.9 Å². The van der Waals surface area contributed by atoms with Gasteiger partial charge < -0.3 is 24.3 Å². The molecule has 1 fully saturated rings. The van der Waals surface area contributed by atoms with E-state index in [1.807, 2.05) is 24.3 Å². The molecule has 0 radical (unpaired) electrons. The molecule has 1 N–H and O–H groups in total. The van der Waals surface area contributed by atoms with Crippen molar-refractivity contribution in [2.24, 2.45) is 9.98 Å². The Morgan fingerprint density at radius 1 is 1.14 bits per heavy atom. The second-order valence-electron chi connectivity index (χ2n) is 6.62. The lowest BCUT2D eigenvalue weighted by Crippen LogP contribution is -2.50. The molecule has 0 unspecified atom stereocenters. The highest BCUT2D eigenvalue weighted by Crippen LogP contribution is 2.25. The summed E-state index contributed by atoms with van der Waals surface area (Å²) < 4.78 is 10.9. The Labute approximate surface area is 168 Å². The van der Waals surface area contributed by atoms with E-state index in [9.17, 15) is 4.79 Å². The van der Waals surface area contributed by atoms with Crippen molar-refractivity contribution < 1.29 is 13.9 Å². The van der Waals surface area contributed by atoms with Crippen molar-refractivity contribution in [3.8, 4) is 0 Å². The van der Waals surface area contributed by atoms with Gasteiger partial charge in [0.2, 0.25) is 5.90 Å². The number of esters is 1. The highest BCUT2D eigenvalue weighted by atomic mass is 35.5. The van der Waals surface area contributed by atoms with Crippen molar-refractivity contribution in [3.63, 3.8) is 0 Å². The smallest absolute Gasteiger partial charge is 0.365 e. The number of halogens is 1. The fourth-order valence-corrected chi connectivity index (χ4v) is 3.51. The number of piperazine rings is 1. The second kappa shape index (κ2) is 7.55. The molecule has 8 nitrogen and oxygen atoms in total. The molecule has 1 aromatic carbocycles. The highest BCUT2D eigenvalue weighted by Gasteiger charge is 2.28. The van der Waals surface area contributed by atoms with Gasteiger partial charge in [-0.05, 0) is 12.1 Å². The normalized spacial score (nSPS) is 20.7. The van der Waals surface area contributed by atoms with Gasteiger partial charge in [0.25, 0.3) is 0 Å². The second-order valence-corrected chi connectivity index (χ2v) is 6.62. The number of carbonyl (C=O) groups excluding carboxylic acids is 1. The molecule has 146 valence electrons. The van der Waals surface area contributed by atoms with Crippen LogP contribution in [-0.2, 0) is 9.53 Å². The number of para-hydroxylation sites is 1. The van der Waals surface area contributed by atoms with Crippen molar-refractivity contribution in [2.45, 2.75) is 0 Å². The Balaban J connectivity index is 0.00000192. The monoisotopic (exact) mass is 401 g/mol. The van der Waals surface area contributed by atoms with Crippen LogP contribution < -0.4 is 5.32 Å². The van der Waals surface area contributed by atoms with Crippen LogP contribution >= 0.6 is 12.4 Å². The minimum absolute atomic E-state index is 0. The number of furan rings is 1. The third kappa shape index (κ3) is 3.31. The summed E-state index contributed by atoms with van der Waals surface area (Å²) in [4.78, 5) is 25.5.